The Labute approximate surface area is 168 Å². The fraction of sp³-hybridized carbons (Fsp3) is 0.286. The first-order valence-corrected chi connectivity index (χ1v) is 9.77. The number of rotatable bonds is 4. The Bertz CT molecular complexity index is 1140. The maximum absolute atomic E-state index is 6.10. The SMILES string of the molecule is Cn1cc(-c2ccc3cnc(N4CCC(Oc5cccc(N)c5)CC4)nn23)cn1. The number of hydrogen-bond donors (Lipinski definition) is 1. The lowest BCUT2D eigenvalue weighted by Gasteiger charge is -2.32. The monoisotopic (exact) mass is 389 g/mol. The summed E-state index contributed by atoms with van der Waals surface area (Å²) < 4.78 is 9.83. The van der Waals surface area contributed by atoms with Crippen molar-refractivity contribution in [2.75, 3.05) is 23.7 Å². The van der Waals surface area contributed by atoms with Crippen molar-refractivity contribution in [2.45, 2.75) is 18.9 Å². The van der Waals surface area contributed by atoms with Crippen molar-refractivity contribution in [3.63, 3.8) is 0 Å². The largest absolute Gasteiger partial charge is 0.490 e. The second-order valence-electron chi connectivity index (χ2n) is 7.39. The first-order chi connectivity index (χ1) is 14.2. The number of aromatic nitrogens is 5. The molecule has 4 aromatic rings. The van der Waals surface area contributed by atoms with Gasteiger partial charge in [0.2, 0.25) is 5.95 Å². The molecular formula is C21H23N7O. The van der Waals surface area contributed by atoms with Crippen LogP contribution < -0.4 is 15.4 Å². The molecule has 0 bridgehead atoms. The minimum absolute atomic E-state index is 0.175. The molecule has 0 aliphatic carbocycles. The van der Waals surface area contributed by atoms with Gasteiger partial charge in [0.25, 0.3) is 0 Å². The van der Waals surface area contributed by atoms with Crippen LogP contribution in [0.25, 0.3) is 16.8 Å². The van der Waals surface area contributed by atoms with Crippen molar-refractivity contribution in [3.8, 4) is 17.0 Å². The summed E-state index contributed by atoms with van der Waals surface area (Å²) in [6.07, 6.45) is 7.71. The van der Waals surface area contributed by atoms with E-state index in [2.05, 4.69) is 21.0 Å². The highest BCUT2D eigenvalue weighted by Gasteiger charge is 2.23. The number of nitrogen functional groups attached to an aromatic ring is 1. The second kappa shape index (κ2) is 7.12. The van der Waals surface area contributed by atoms with E-state index in [1.807, 2.05) is 60.5 Å². The van der Waals surface area contributed by atoms with E-state index >= 15 is 0 Å². The zero-order chi connectivity index (χ0) is 19.8. The van der Waals surface area contributed by atoms with Gasteiger partial charge in [0.15, 0.2) is 0 Å². The van der Waals surface area contributed by atoms with Gasteiger partial charge in [0.1, 0.15) is 11.9 Å². The standard InChI is InChI=1S/C21H23N7O/c1-26-14-15(12-24-26)20-6-5-17-13-23-21(25-28(17)20)27-9-7-18(8-10-27)29-19-4-2-3-16(22)11-19/h2-6,11-14,18H,7-10,22H2,1H3. The van der Waals surface area contributed by atoms with Crippen LogP contribution in [0.5, 0.6) is 5.75 Å². The molecule has 0 spiro atoms. The molecule has 5 rings (SSSR count). The van der Waals surface area contributed by atoms with Gasteiger partial charge >= 0.3 is 0 Å². The number of hydrogen-bond acceptors (Lipinski definition) is 6. The molecule has 4 heterocycles. The fourth-order valence-electron chi connectivity index (χ4n) is 3.76. The number of fused-ring (bicyclic) bond motifs is 1. The summed E-state index contributed by atoms with van der Waals surface area (Å²) in [5.41, 5.74) is 9.57. The number of anilines is 2. The molecule has 0 saturated carbocycles. The first kappa shape index (κ1) is 17.5. The van der Waals surface area contributed by atoms with Gasteiger partial charge in [0.05, 0.1) is 23.6 Å². The first-order valence-electron chi connectivity index (χ1n) is 9.77. The number of nitrogens with two attached hydrogens (primary N) is 1. The van der Waals surface area contributed by atoms with E-state index in [1.54, 1.807) is 4.68 Å². The van der Waals surface area contributed by atoms with Gasteiger partial charge in [-0.3, -0.25) is 4.68 Å². The smallest absolute Gasteiger partial charge is 0.243 e. The minimum atomic E-state index is 0.175. The average Bonchev–Trinajstić information content (AvgIpc) is 3.34. The number of nitrogens with zero attached hydrogens (tertiary/aromatic N) is 6. The zero-order valence-corrected chi connectivity index (χ0v) is 16.3. The lowest BCUT2D eigenvalue weighted by Crippen LogP contribution is -2.39. The van der Waals surface area contributed by atoms with Crippen LogP contribution in [0.3, 0.4) is 0 Å². The Balaban J connectivity index is 1.31. The van der Waals surface area contributed by atoms with E-state index < -0.39 is 0 Å². The molecule has 148 valence electrons. The van der Waals surface area contributed by atoms with Gasteiger partial charge < -0.3 is 15.4 Å². The third-order valence-corrected chi connectivity index (χ3v) is 5.27. The molecule has 1 aromatic carbocycles. The summed E-state index contributed by atoms with van der Waals surface area (Å²) in [6.45, 7) is 1.70. The third-order valence-electron chi connectivity index (χ3n) is 5.27. The summed E-state index contributed by atoms with van der Waals surface area (Å²) in [6, 6.07) is 11.7. The second-order valence-corrected chi connectivity index (χ2v) is 7.39. The number of benzene rings is 1. The Hall–Kier alpha value is -3.55. The van der Waals surface area contributed by atoms with Crippen LogP contribution in [-0.4, -0.2) is 43.6 Å². The van der Waals surface area contributed by atoms with E-state index in [1.165, 1.54) is 0 Å². The topological polar surface area (TPSA) is 86.5 Å². The van der Waals surface area contributed by atoms with Crippen LogP contribution in [0.1, 0.15) is 12.8 Å². The molecule has 1 aliphatic rings. The van der Waals surface area contributed by atoms with E-state index in [-0.39, 0.29) is 6.10 Å². The molecule has 0 radical (unpaired) electrons. The Morgan fingerprint density at radius 2 is 1.97 bits per heavy atom. The van der Waals surface area contributed by atoms with Crippen molar-refractivity contribution in [2.24, 2.45) is 7.05 Å². The summed E-state index contributed by atoms with van der Waals surface area (Å²) in [5.74, 6) is 1.57. The van der Waals surface area contributed by atoms with Crippen molar-refractivity contribution in [3.05, 3.63) is 55.0 Å². The molecule has 1 saturated heterocycles. The molecule has 3 aromatic heterocycles. The van der Waals surface area contributed by atoms with E-state index in [0.717, 1.165) is 60.1 Å². The Morgan fingerprint density at radius 3 is 2.72 bits per heavy atom. The van der Waals surface area contributed by atoms with Crippen LogP contribution >= 0.6 is 0 Å². The Kier molecular flexibility index (Phi) is 4.31. The highest BCUT2D eigenvalue weighted by molar-refractivity contribution is 5.65. The molecule has 8 nitrogen and oxygen atoms in total. The zero-order valence-electron chi connectivity index (χ0n) is 16.3. The maximum atomic E-state index is 6.10. The van der Waals surface area contributed by atoms with Crippen LogP contribution in [0.4, 0.5) is 11.6 Å². The van der Waals surface area contributed by atoms with Crippen LogP contribution in [-0.2, 0) is 7.05 Å². The van der Waals surface area contributed by atoms with E-state index in [4.69, 9.17) is 15.6 Å². The maximum Gasteiger partial charge on any atom is 0.243 e. The lowest BCUT2D eigenvalue weighted by atomic mass is 10.1. The van der Waals surface area contributed by atoms with Gasteiger partial charge in [-0.2, -0.15) is 5.10 Å². The molecule has 1 aliphatic heterocycles. The molecule has 29 heavy (non-hydrogen) atoms. The molecule has 0 atom stereocenters. The van der Waals surface area contributed by atoms with Gasteiger partial charge in [-0.1, -0.05) is 6.07 Å². The van der Waals surface area contributed by atoms with Gasteiger partial charge in [0, 0.05) is 56.5 Å². The van der Waals surface area contributed by atoms with Crippen LogP contribution in [0.15, 0.2) is 55.0 Å². The minimum Gasteiger partial charge on any atom is -0.490 e. The number of piperidine rings is 1. The fourth-order valence-corrected chi connectivity index (χ4v) is 3.76. The van der Waals surface area contributed by atoms with E-state index in [9.17, 15) is 0 Å². The summed E-state index contributed by atoms with van der Waals surface area (Å²) in [5, 5.41) is 9.07. The summed E-state index contributed by atoms with van der Waals surface area (Å²) >= 11 is 0. The summed E-state index contributed by atoms with van der Waals surface area (Å²) in [4.78, 5) is 6.79. The van der Waals surface area contributed by atoms with Crippen molar-refractivity contribution in [1.29, 1.82) is 0 Å². The van der Waals surface area contributed by atoms with Gasteiger partial charge in [-0.15, -0.1) is 5.10 Å². The quantitative estimate of drug-likeness (QED) is 0.540. The molecule has 0 unspecified atom stereocenters. The van der Waals surface area contributed by atoms with Crippen LogP contribution in [0, 0.1) is 0 Å². The predicted octanol–water partition coefficient (Wildman–Crippen LogP) is 2.76. The highest BCUT2D eigenvalue weighted by atomic mass is 16.5. The molecular weight excluding hydrogens is 366 g/mol. The number of aryl methyl sites for hydroxylation is 1. The molecule has 8 heteroatoms. The molecule has 1 fully saturated rings. The van der Waals surface area contributed by atoms with Crippen molar-refractivity contribution < 1.29 is 4.74 Å². The number of ether oxygens (including phenoxy) is 1. The Morgan fingerprint density at radius 1 is 1.10 bits per heavy atom. The van der Waals surface area contributed by atoms with Crippen molar-refractivity contribution in [1.82, 2.24) is 24.4 Å². The summed E-state index contributed by atoms with van der Waals surface area (Å²) in [7, 11) is 1.91. The lowest BCUT2D eigenvalue weighted by molar-refractivity contribution is 0.170. The average molecular weight is 389 g/mol. The molecule has 2 N–H and O–H groups in total. The van der Waals surface area contributed by atoms with Gasteiger partial charge in [-0.25, -0.2) is 9.50 Å². The van der Waals surface area contributed by atoms with E-state index in [0.29, 0.717) is 0 Å². The van der Waals surface area contributed by atoms with Crippen LogP contribution in [0.2, 0.25) is 0 Å². The van der Waals surface area contributed by atoms with Crippen molar-refractivity contribution >= 4 is 17.2 Å². The third kappa shape index (κ3) is 3.49. The molecule has 0 amide bonds. The predicted molar refractivity (Wildman–Crippen MR) is 112 cm³/mol. The van der Waals surface area contributed by atoms with Gasteiger partial charge in [-0.05, 0) is 24.3 Å². The normalized spacial score (nSPS) is 15.1. The highest BCUT2D eigenvalue weighted by Crippen LogP contribution is 2.25.